The number of aliphatic hydroxyl groups is 1. The molecule has 2 bridgehead atoms. The van der Waals surface area contributed by atoms with E-state index in [1.54, 1.807) is 12.2 Å². The maximum Gasteiger partial charge on any atom is 0.312 e. The van der Waals surface area contributed by atoms with Crippen LogP contribution in [0.4, 0.5) is 0 Å². The standard InChI is InChI=1S/C26H38N2O6/c1-3-5-9-17-33-25(32)20-19-12-13-26(34-19)21(20)23(30)28(15-16-29)22(26)24(31)27(14-4-2)18-10-7-6-8-11-18/h3-4,18-22,29H,1-2,5-17H2/t19-,20+,21+,22?,26?/m1/s1. The molecule has 1 saturated carbocycles. The number of nitrogens with zero attached hydrogens (tertiary/aromatic N) is 2. The SMILES string of the molecule is C=CCCCOC(=O)[C@@H]1[C@H]2C(=O)N(CCO)C(C(=O)N(CC=C)C3CCCCC3)C23CC[C@H]1O3. The van der Waals surface area contributed by atoms with E-state index >= 15 is 0 Å². The van der Waals surface area contributed by atoms with Gasteiger partial charge in [0.25, 0.3) is 0 Å². The molecule has 8 nitrogen and oxygen atoms in total. The van der Waals surface area contributed by atoms with Gasteiger partial charge in [0, 0.05) is 19.1 Å². The molecule has 2 unspecified atom stereocenters. The summed E-state index contributed by atoms with van der Waals surface area (Å²) < 4.78 is 11.9. The van der Waals surface area contributed by atoms with Crippen LogP contribution < -0.4 is 0 Å². The Kier molecular flexibility index (Phi) is 7.77. The molecule has 2 amide bonds. The molecule has 1 N–H and O–H groups in total. The number of rotatable bonds is 11. The number of β-amino-alcohol motifs (C(OH)–C–C–N with tert-alkyl or cyclic N) is 1. The first kappa shape index (κ1) is 24.9. The quantitative estimate of drug-likeness (QED) is 0.280. The van der Waals surface area contributed by atoms with Crippen molar-refractivity contribution >= 4 is 17.8 Å². The van der Waals surface area contributed by atoms with Gasteiger partial charge in [0.2, 0.25) is 11.8 Å². The third kappa shape index (κ3) is 4.19. The van der Waals surface area contributed by atoms with Gasteiger partial charge in [-0.1, -0.05) is 31.4 Å². The Morgan fingerprint density at radius 3 is 2.65 bits per heavy atom. The van der Waals surface area contributed by atoms with Crippen LogP contribution in [0.2, 0.25) is 0 Å². The Labute approximate surface area is 201 Å². The van der Waals surface area contributed by atoms with Crippen LogP contribution in [0.5, 0.6) is 0 Å². The van der Waals surface area contributed by atoms with Crippen molar-refractivity contribution in [2.75, 3.05) is 26.3 Å². The highest BCUT2D eigenvalue weighted by atomic mass is 16.6. The Hall–Kier alpha value is -2.19. The lowest BCUT2D eigenvalue weighted by atomic mass is 9.70. The molecule has 8 heteroatoms. The van der Waals surface area contributed by atoms with Crippen LogP contribution in [-0.2, 0) is 23.9 Å². The average Bonchev–Trinajstić information content (AvgIpc) is 3.48. The van der Waals surface area contributed by atoms with Crippen molar-refractivity contribution in [3.05, 3.63) is 25.3 Å². The molecule has 0 aromatic rings. The Bertz CT molecular complexity index is 809. The lowest BCUT2D eigenvalue weighted by molar-refractivity contribution is -0.155. The number of ether oxygens (including phenoxy) is 2. The van der Waals surface area contributed by atoms with Gasteiger partial charge in [-0.3, -0.25) is 14.4 Å². The molecule has 4 rings (SSSR count). The molecular weight excluding hydrogens is 436 g/mol. The van der Waals surface area contributed by atoms with Crippen molar-refractivity contribution in [1.29, 1.82) is 0 Å². The average molecular weight is 475 g/mol. The molecule has 3 saturated heterocycles. The summed E-state index contributed by atoms with van der Waals surface area (Å²) in [6.07, 6.45) is 10.8. The number of unbranched alkanes of at least 4 members (excludes halogenated alkanes) is 1. The van der Waals surface area contributed by atoms with Gasteiger partial charge in [-0.2, -0.15) is 0 Å². The summed E-state index contributed by atoms with van der Waals surface area (Å²) in [6, 6.07) is -0.743. The first-order chi connectivity index (χ1) is 16.5. The van der Waals surface area contributed by atoms with E-state index in [2.05, 4.69) is 13.2 Å². The van der Waals surface area contributed by atoms with E-state index in [0.29, 0.717) is 25.8 Å². The van der Waals surface area contributed by atoms with Gasteiger partial charge < -0.3 is 24.4 Å². The Morgan fingerprint density at radius 1 is 1.21 bits per heavy atom. The highest BCUT2D eigenvalue weighted by molar-refractivity contribution is 5.98. The van der Waals surface area contributed by atoms with Gasteiger partial charge in [-0.05, 0) is 38.5 Å². The lowest BCUT2D eigenvalue weighted by Gasteiger charge is -2.40. The number of carbonyl (C=O) groups is 3. The normalized spacial score (nSPS) is 32.5. The summed E-state index contributed by atoms with van der Waals surface area (Å²) in [5.74, 6) is -2.34. The van der Waals surface area contributed by atoms with Gasteiger partial charge in [-0.15, -0.1) is 13.2 Å². The molecular formula is C26H38N2O6. The molecule has 4 aliphatic rings. The second kappa shape index (κ2) is 10.6. The summed E-state index contributed by atoms with van der Waals surface area (Å²) in [4.78, 5) is 44.1. The number of carbonyl (C=O) groups excluding carboxylic acids is 3. The molecule has 4 fully saturated rings. The number of esters is 1. The van der Waals surface area contributed by atoms with Gasteiger partial charge >= 0.3 is 5.97 Å². The van der Waals surface area contributed by atoms with E-state index in [9.17, 15) is 19.5 Å². The molecule has 3 aliphatic heterocycles. The predicted octanol–water partition coefficient (Wildman–Crippen LogP) is 2.21. The lowest BCUT2D eigenvalue weighted by Crippen LogP contribution is -2.58. The minimum atomic E-state index is -1.05. The van der Waals surface area contributed by atoms with Gasteiger partial charge in [0.1, 0.15) is 11.6 Å². The first-order valence-electron chi connectivity index (χ1n) is 12.8. The number of aliphatic hydroxyl groups excluding tert-OH is 1. The summed E-state index contributed by atoms with van der Waals surface area (Å²) >= 11 is 0. The van der Waals surface area contributed by atoms with Crippen LogP contribution in [0.1, 0.15) is 57.8 Å². The third-order valence-corrected chi connectivity index (χ3v) is 8.07. The summed E-state index contributed by atoms with van der Waals surface area (Å²) in [5.41, 5.74) is -1.05. The minimum Gasteiger partial charge on any atom is -0.465 e. The zero-order valence-corrected chi connectivity index (χ0v) is 20.0. The van der Waals surface area contributed by atoms with Crippen LogP contribution in [0.25, 0.3) is 0 Å². The van der Waals surface area contributed by atoms with E-state index in [0.717, 1.165) is 32.1 Å². The molecule has 0 aromatic carbocycles. The number of hydrogen-bond donors (Lipinski definition) is 1. The maximum absolute atomic E-state index is 14.1. The Morgan fingerprint density at radius 2 is 1.97 bits per heavy atom. The summed E-state index contributed by atoms with van der Waals surface area (Å²) in [7, 11) is 0. The monoisotopic (exact) mass is 474 g/mol. The van der Waals surface area contributed by atoms with E-state index < -0.39 is 35.6 Å². The molecule has 0 aromatic heterocycles. The molecule has 188 valence electrons. The number of allylic oxidation sites excluding steroid dienone is 1. The topological polar surface area (TPSA) is 96.4 Å². The zero-order valence-electron chi connectivity index (χ0n) is 20.0. The third-order valence-electron chi connectivity index (χ3n) is 8.07. The largest absolute Gasteiger partial charge is 0.465 e. The van der Waals surface area contributed by atoms with Gasteiger partial charge in [0.05, 0.1) is 31.2 Å². The zero-order chi connectivity index (χ0) is 24.3. The fourth-order valence-corrected chi connectivity index (χ4v) is 6.65. The van der Waals surface area contributed by atoms with Crippen LogP contribution in [0.3, 0.4) is 0 Å². The maximum atomic E-state index is 14.1. The van der Waals surface area contributed by atoms with E-state index in [1.807, 2.05) is 4.90 Å². The molecule has 1 aliphatic carbocycles. The predicted molar refractivity (Wildman–Crippen MR) is 126 cm³/mol. The highest BCUT2D eigenvalue weighted by Gasteiger charge is 2.75. The van der Waals surface area contributed by atoms with Crippen molar-refractivity contribution < 1.29 is 29.0 Å². The first-order valence-corrected chi connectivity index (χ1v) is 12.8. The van der Waals surface area contributed by atoms with E-state index in [4.69, 9.17) is 9.47 Å². The van der Waals surface area contributed by atoms with Crippen LogP contribution in [0.15, 0.2) is 25.3 Å². The second-order valence-electron chi connectivity index (χ2n) is 9.98. The van der Waals surface area contributed by atoms with E-state index in [-0.39, 0.29) is 37.6 Å². The highest BCUT2D eigenvalue weighted by Crippen LogP contribution is 2.58. The van der Waals surface area contributed by atoms with Crippen molar-refractivity contribution in [2.24, 2.45) is 11.8 Å². The van der Waals surface area contributed by atoms with Crippen molar-refractivity contribution in [3.8, 4) is 0 Å². The summed E-state index contributed by atoms with van der Waals surface area (Å²) in [6.45, 7) is 7.97. The molecule has 5 atom stereocenters. The number of fused-ring (bicyclic) bond motifs is 1. The summed E-state index contributed by atoms with van der Waals surface area (Å²) in [5, 5.41) is 9.73. The van der Waals surface area contributed by atoms with Gasteiger partial charge in [0.15, 0.2) is 0 Å². The molecule has 34 heavy (non-hydrogen) atoms. The van der Waals surface area contributed by atoms with Crippen LogP contribution >= 0.6 is 0 Å². The fourth-order valence-electron chi connectivity index (χ4n) is 6.65. The smallest absolute Gasteiger partial charge is 0.312 e. The molecule has 1 spiro atoms. The minimum absolute atomic E-state index is 0.0369. The van der Waals surface area contributed by atoms with Crippen LogP contribution in [0, 0.1) is 11.8 Å². The number of likely N-dealkylation sites (tertiary alicyclic amines) is 1. The molecule has 3 heterocycles. The molecule has 0 radical (unpaired) electrons. The van der Waals surface area contributed by atoms with Crippen molar-refractivity contribution in [3.63, 3.8) is 0 Å². The fraction of sp³-hybridized carbons (Fsp3) is 0.731. The second-order valence-corrected chi connectivity index (χ2v) is 9.98. The van der Waals surface area contributed by atoms with E-state index in [1.165, 1.54) is 11.3 Å². The Balaban J connectivity index is 1.62. The number of amides is 2. The van der Waals surface area contributed by atoms with Gasteiger partial charge in [-0.25, -0.2) is 0 Å². The van der Waals surface area contributed by atoms with Crippen molar-refractivity contribution in [1.82, 2.24) is 9.80 Å². The number of hydrogen-bond acceptors (Lipinski definition) is 6. The van der Waals surface area contributed by atoms with Crippen LogP contribution in [-0.4, -0.2) is 82.8 Å². The van der Waals surface area contributed by atoms with Crippen molar-refractivity contribution in [2.45, 2.75) is 81.6 Å².